The van der Waals surface area contributed by atoms with Crippen LogP contribution < -0.4 is 10.9 Å². The monoisotopic (exact) mass is 324 g/mol. The highest BCUT2D eigenvalue weighted by atomic mass is 16.2. The van der Waals surface area contributed by atoms with Crippen LogP contribution >= 0.6 is 0 Å². The molecule has 0 bridgehead atoms. The van der Waals surface area contributed by atoms with Crippen LogP contribution in [0.3, 0.4) is 0 Å². The van der Waals surface area contributed by atoms with Gasteiger partial charge in [0.25, 0.3) is 5.56 Å². The fourth-order valence-corrected chi connectivity index (χ4v) is 2.43. The third kappa shape index (κ3) is 3.87. The first kappa shape index (κ1) is 17.4. The normalized spacial score (nSPS) is 10.2. The Hall–Kier alpha value is -2.94. The second kappa shape index (κ2) is 7.55. The largest absolute Gasteiger partial charge is 0.354 e. The van der Waals surface area contributed by atoms with Crippen molar-refractivity contribution in [3.63, 3.8) is 0 Å². The number of aryl methyl sites for hydroxylation is 2. The summed E-state index contributed by atoms with van der Waals surface area (Å²) in [6.45, 7) is 5.70. The SMILES string of the molecule is Cc1ccccc1CCNC(=O)Cn1nc(C)c(C)c(C#N)c1=O. The van der Waals surface area contributed by atoms with Crippen LogP contribution in [0.1, 0.15) is 27.9 Å². The van der Waals surface area contributed by atoms with Crippen LogP contribution in [-0.4, -0.2) is 22.2 Å². The Morgan fingerprint density at radius 3 is 2.67 bits per heavy atom. The summed E-state index contributed by atoms with van der Waals surface area (Å²) in [5.41, 5.74) is 2.98. The maximum Gasteiger partial charge on any atom is 0.285 e. The number of nitrogens with zero attached hydrogens (tertiary/aromatic N) is 3. The van der Waals surface area contributed by atoms with E-state index in [4.69, 9.17) is 5.26 Å². The first-order valence-electron chi connectivity index (χ1n) is 7.73. The van der Waals surface area contributed by atoms with E-state index in [1.807, 2.05) is 37.3 Å². The molecule has 0 aliphatic rings. The number of nitriles is 1. The lowest BCUT2D eigenvalue weighted by Crippen LogP contribution is -2.36. The van der Waals surface area contributed by atoms with Gasteiger partial charge in [-0.2, -0.15) is 10.4 Å². The summed E-state index contributed by atoms with van der Waals surface area (Å²) in [6, 6.07) is 9.87. The minimum absolute atomic E-state index is 0.0372. The van der Waals surface area contributed by atoms with E-state index in [1.165, 1.54) is 11.1 Å². The topological polar surface area (TPSA) is 87.8 Å². The van der Waals surface area contributed by atoms with Gasteiger partial charge in [0.05, 0.1) is 5.69 Å². The van der Waals surface area contributed by atoms with Crippen LogP contribution in [0.4, 0.5) is 0 Å². The molecule has 1 aromatic carbocycles. The molecule has 0 spiro atoms. The van der Waals surface area contributed by atoms with Crippen molar-refractivity contribution in [2.75, 3.05) is 6.54 Å². The Morgan fingerprint density at radius 2 is 2.00 bits per heavy atom. The molecule has 0 aliphatic carbocycles. The summed E-state index contributed by atoms with van der Waals surface area (Å²) < 4.78 is 1.05. The number of rotatable bonds is 5. The number of carbonyl (C=O) groups excluding carboxylic acids is 1. The van der Waals surface area contributed by atoms with Crippen molar-refractivity contribution in [3.05, 3.63) is 62.6 Å². The molecule has 2 rings (SSSR count). The van der Waals surface area contributed by atoms with Gasteiger partial charge in [-0.1, -0.05) is 24.3 Å². The van der Waals surface area contributed by atoms with Crippen molar-refractivity contribution in [3.8, 4) is 6.07 Å². The number of hydrogen-bond donors (Lipinski definition) is 1. The van der Waals surface area contributed by atoms with Crippen molar-refractivity contribution in [1.29, 1.82) is 5.26 Å². The fourth-order valence-electron chi connectivity index (χ4n) is 2.43. The molecule has 1 aromatic heterocycles. The van der Waals surface area contributed by atoms with Gasteiger partial charge in [-0.3, -0.25) is 9.59 Å². The molecule has 1 N–H and O–H groups in total. The molecule has 0 fully saturated rings. The lowest BCUT2D eigenvalue weighted by atomic mass is 10.1. The number of aromatic nitrogens is 2. The lowest BCUT2D eigenvalue weighted by molar-refractivity contribution is -0.121. The molecule has 0 saturated heterocycles. The van der Waals surface area contributed by atoms with Gasteiger partial charge >= 0.3 is 0 Å². The second-order valence-corrected chi connectivity index (χ2v) is 5.69. The first-order valence-corrected chi connectivity index (χ1v) is 7.73. The molecule has 2 aromatic rings. The molecule has 6 nitrogen and oxygen atoms in total. The van der Waals surface area contributed by atoms with E-state index in [0.29, 0.717) is 17.8 Å². The highest BCUT2D eigenvalue weighted by Crippen LogP contribution is 2.07. The predicted molar refractivity (Wildman–Crippen MR) is 90.6 cm³/mol. The van der Waals surface area contributed by atoms with Gasteiger partial charge < -0.3 is 5.32 Å². The van der Waals surface area contributed by atoms with Crippen molar-refractivity contribution in [2.45, 2.75) is 33.7 Å². The number of amides is 1. The van der Waals surface area contributed by atoms with E-state index in [-0.39, 0.29) is 18.0 Å². The third-order valence-electron chi connectivity index (χ3n) is 4.02. The summed E-state index contributed by atoms with van der Waals surface area (Å²) in [4.78, 5) is 24.2. The van der Waals surface area contributed by atoms with Gasteiger partial charge in [-0.05, 0) is 43.9 Å². The summed E-state index contributed by atoms with van der Waals surface area (Å²) in [7, 11) is 0. The van der Waals surface area contributed by atoms with Gasteiger partial charge in [0, 0.05) is 6.54 Å². The molecular weight excluding hydrogens is 304 g/mol. The molecule has 0 radical (unpaired) electrons. The number of nitrogens with one attached hydrogen (secondary N) is 1. The van der Waals surface area contributed by atoms with Crippen molar-refractivity contribution >= 4 is 5.91 Å². The molecule has 124 valence electrons. The van der Waals surface area contributed by atoms with E-state index in [0.717, 1.165) is 11.1 Å². The van der Waals surface area contributed by atoms with Crippen molar-refractivity contribution < 1.29 is 4.79 Å². The highest BCUT2D eigenvalue weighted by Gasteiger charge is 2.13. The number of hydrogen-bond acceptors (Lipinski definition) is 4. The number of carbonyl (C=O) groups is 1. The van der Waals surface area contributed by atoms with Gasteiger partial charge in [0.2, 0.25) is 5.91 Å². The van der Waals surface area contributed by atoms with Crippen LogP contribution in [0.25, 0.3) is 0 Å². The average molecular weight is 324 g/mol. The molecule has 1 heterocycles. The molecule has 0 aliphatic heterocycles. The van der Waals surface area contributed by atoms with E-state index in [1.54, 1.807) is 13.8 Å². The Morgan fingerprint density at radius 1 is 1.29 bits per heavy atom. The quantitative estimate of drug-likeness (QED) is 0.900. The summed E-state index contributed by atoms with van der Waals surface area (Å²) in [5, 5.41) is 16.0. The zero-order valence-electron chi connectivity index (χ0n) is 14.1. The Labute approximate surface area is 140 Å². The van der Waals surface area contributed by atoms with E-state index >= 15 is 0 Å². The first-order chi connectivity index (χ1) is 11.4. The van der Waals surface area contributed by atoms with Gasteiger partial charge in [0.1, 0.15) is 18.2 Å². The fraction of sp³-hybridized carbons (Fsp3) is 0.333. The molecular formula is C18H20N4O2. The Bertz CT molecular complexity index is 862. The molecule has 24 heavy (non-hydrogen) atoms. The maximum absolute atomic E-state index is 12.1. The van der Waals surface area contributed by atoms with Crippen LogP contribution in [-0.2, 0) is 17.8 Å². The number of benzene rings is 1. The predicted octanol–water partition coefficient (Wildman–Crippen LogP) is 1.40. The minimum atomic E-state index is -0.533. The summed E-state index contributed by atoms with van der Waals surface area (Å²) in [6.07, 6.45) is 0.719. The molecule has 0 saturated carbocycles. The van der Waals surface area contributed by atoms with Crippen LogP contribution in [0.2, 0.25) is 0 Å². The highest BCUT2D eigenvalue weighted by molar-refractivity contribution is 5.75. The maximum atomic E-state index is 12.1. The van der Waals surface area contributed by atoms with Crippen molar-refractivity contribution in [1.82, 2.24) is 15.1 Å². The standard InChI is InChI=1S/C18H20N4O2/c1-12-6-4-5-7-15(12)8-9-20-17(23)11-22-18(24)16(10-19)13(2)14(3)21-22/h4-7H,8-9,11H2,1-3H3,(H,20,23). The van der Waals surface area contributed by atoms with E-state index in [2.05, 4.69) is 10.4 Å². The van der Waals surface area contributed by atoms with E-state index in [9.17, 15) is 9.59 Å². The van der Waals surface area contributed by atoms with Gasteiger partial charge in [-0.25, -0.2) is 4.68 Å². The smallest absolute Gasteiger partial charge is 0.285 e. The van der Waals surface area contributed by atoms with Crippen LogP contribution in [0, 0.1) is 32.1 Å². The zero-order chi connectivity index (χ0) is 17.7. The lowest BCUT2D eigenvalue weighted by Gasteiger charge is -2.10. The second-order valence-electron chi connectivity index (χ2n) is 5.69. The van der Waals surface area contributed by atoms with Gasteiger partial charge in [0.15, 0.2) is 0 Å². The Kier molecular flexibility index (Phi) is 5.48. The average Bonchev–Trinajstić information content (AvgIpc) is 2.55. The summed E-state index contributed by atoms with van der Waals surface area (Å²) in [5.74, 6) is -0.301. The van der Waals surface area contributed by atoms with Crippen LogP contribution in [0.5, 0.6) is 0 Å². The third-order valence-corrected chi connectivity index (χ3v) is 4.02. The van der Waals surface area contributed by atoms with Gasteiger partial charge in [-0.15, -0.1) is 0 Å². The van der Waals surface area contributed by atoms with E-state index < -0.39 is 5.56 Å². The molecule has 0 atom stereocenters. The Balaban J connectivity index is 2.01. The molecule has 6 heteroatoms. The zero-order valence-corrected chi connectivity index (χ0v) is 14.1. The molecule has 0 unspecified atom stereocenters. The van der Waals surface area contributed by atoms with Crippen molar-refractivity contribution in [2.24, 2.45) is 0 Å². The molecule has 1 amide bonds. The van der Waals surface area contributed by atoms with Crippen LogP contribution in [0.15, 0.2) is 29.1 Å². The summed E-state index contributed by atoms with van der Waals surface area (Å²) >= 11 is 0. The minimum Gasteiger partial charge on any atom is -0.354 e.